The van der Waals surface area contributed by atoms with Gasteiger partial charge in [0.1, 0.15) is 0 Å². The molecule has 1 aliphatic rings. The van der Waals surface area contributed by atoms with Crippen LogP contribution >= 0.6 is 0 Å². The molecule has 1 aromatic rings. The Morgan fingerprint density at radius 1 is 1.11 bits per heavy atom. The van der Waals surface area contributed by atoms with Crippen LogP contribution in [0.1, 0.15) is 43.5 Å². The normalized spacial score (nSPS) is 27.2. The molecular formula is C16H26N2. The minimum Gasteiger partial charge on any atom is -0.309 e. The third-order valence-corrected chi connectivity index (χ3v) is 4.15. The molecule has 1 fully saturated rings. The average Bonchev–Trinajstić information content (AvgIpc) is 2.30. The SMILES string of the molecule is Cc1ccc(C(C)N2CC(C)NC(C)C2)cc1C. The molecule has 0 spiro atoms. The van der Waals surface area contributed by atoms with Crippen LogP contribution < -0.4 is 5.32 Å². The molecule has 3 unspecified atom stereocenters. The fourth-order valence-corrected chi connectivity index (χ4v) is 2.92. The van der Waals surface area contributed by atoms with Crippen molar-refractivity contribution in [3.05, 3.63) is 34.9 Å². The van der Waals surface area contributed by atoms with E-state index in [1.165, 1.54) is 16.7 Å². The highest BCUT2D eigenvalue weighted by atomic mass is 15.2. The van der Waals surface area contributed by atoms with E-state index in [4.69, 9.17) is 0 Å². The molecule has 0 amide bonds. The van der Waals surface area contributed by atoms with Crippen molar-refractivity contribution in [1.82, 2.24) is 10.2 Å². The molecule has 3 atom stereocenters. The van der Waals surface area contributed by atoms with Gasteiger partial charge in [-0.25, -0.2) is 0 Å². The van der Waals surface area contributed by atoms with Crippen LogP contribution in [0, 0.1) is 13.8 Å². The fraction of sp³-hybridized carbons (Fsp3) is 0.625. The molecule has 0 saturated carbocycles. The van der Waals surface area contributed by atoms with Gasteiger partial charge < -0.3 is 5.32 Å². The summed E-state index contributed by atoms with van der Waals surface area (Å²) >= 11 is 0. The predicted octanol–water partition coefficient (Wildman–Crippen LogP) is 3.05. The molecule has 1 N–H and O–H groups in total. The lowest BCUT2D eigenvalue weighted by atomic mass is 9.99. The van der Waals surface area contributed by atoms with E-state index in [9.17, 15) is 0 Å². The molecule has 0 radical (unpaired) electrons. The van der Waals surface area contributed by atoms with Gasteiger partial charge in [0.2, 0.25) is 0 Å². The Balaban J connectivity index is 2.14. The van der Waals surface area contributed by atoms with Crippen LogP contribution in [0.15, 0.2) is 18.2 Å². The van der Waals surface area contributed by atoms with E-state index in [1.54, 1.807) is 0 Å². The maximum absolute atomic E-state index is 3.59. The van der Waals surface area contributed by atoms with Crippen LogP contribution in [0.5, 0.6) is 0 Å². The van der Waals surface area contributed by atoms with Crippen molar-refractivity contribution < 1.29 is 0 Å². The Labute approximate surface area is 111 Å². The third-order valence-electron chi connectivity index (χ3n) is 4.15. The van der Waals surface area contributed by atoms with Gasteiger partial charge in [-0.2, -0.15) is 0 Å². The number of rotatable bonds is 2. The van der Waals surface area contributed by atoms with Gasteiger partial charge in [-0.15, -0.1) is 0 Å². The average molecular weight is 246 g/mol. The van der Waals surface area contributed by atoms with E-state index in [0.29, 0.717) is 18.1 Å². The van der Waals surface area contributed by atoms with Gasteiger partial charge in [-0.1, -0.05) is 18.2 Å². The Kier molecular flexibility index (Phi) is 4.08. The van der Waals surface area contributed by atoms with Crippen LogP contribution in [-0.4, -0.2) is 30.1 Å². The Hall–Kier alpha value is -0.860. The van der Waals surface area contributed by atoms with Crippen LogP contribution in [0.2, 0.25) is 0 Å². The number of hydrogen-bond donors (Lipinski definition) is 1. The molecule has 1 heterocycles. The summed E-state index contributed by atoms with van der Waals surface area (Å²) in [4.78, 5) is 2.59. The highest BCUT2D eigenvalue weighted by Gasteiger charge is 2.25. The molecule has 2 rings (SSSR count). The monoisotopic (exact) mass is 246 g/mol. The maximum Gasteiger partial charge on any atom is 0.0321 e. The van der Waals surface area contributed by atoms with Gasteiger partial charge in [0.25, 0.3) is 0 Å². The van der Waals surface area contributed by atoms with Gasteiger partial charge in [0, 0.05) is 31.2 Å². The molecule has 1 aromatic carbocycles. The second kappa shape index (κ2) is 5.41. The summed E-state index contributed by atoms with van der Waals surface area (Å²) in [7, 11) is 0. The van der Waals surface area contributed by atoms with Crippen LogP contribution in [-0.2, 0) is 0 Å². The summed E-state index contributed by atoms with van der Waals surface area (Å²) in [5.41, 5.74) is 4.22. The van der Waals surface area contributed by atoms with Gasteiger partial charge in [0.15, 0.2) is 0 Å². The number of nitrogens with zero attached hydrogens (tertiary/aromatic N) is 1. The fourth-order valence-electron chi connectivity index (χ4n) is 2.92. The van der Waals surface area contributed by atoms with E-state index in [0.717, 1.165) is 13.1 Å². The lowest BCUT2D eigenvalue weighted by Gasteiger charge is -2.40. The second-order valence-corrected chi connectivity index (χ2v) is 5.94. The summed E-state index contributed by atoms with van der Waals surface area (Å²) in [6, 6.07) is 8.56. The predicted molar refractivity (Wildman–Crippen MR) is 78.0 cm³/mol. The Bertz CT molecular complexity index is 404. The standard InChI is InChI=1S/C16H26N2/c1-11-6-7-16(8-12(11)2)15(5)18-9-13(3)17-14(4)10-18/h6-8,13-15,17H,9-10H2,1-5H3. The summed E-state index contributed by atoms with van der Waals surface area (Å²) in [6.45, 7) is 13.5. The van der Waals surface area contributed by atoms with Crippen molar-refractivity contribution in [2.24, 2.45) is 0 Å². The Morgan fingerprint density at radius 2 is 1.72 bits per heavy atom. The molecule has 2 heteroatoms. The first kappa shape index (κ1) is 13.6. The number of benzene rings is 1. The van der Waals surface area contributed by atoms with E-state index in [-0.39, 0.29) is 0 Å². The summed E-state index contributed by atoms with van der Waals surface area (Å²) in [5.74, 6) is 0. The van der Waals surface area contributed by atoms with Crippen molar-refractivity contribution in [3.63, 3.8) is 0 Å². The number of aryl methyl sites for hydroxylation is 2. The highest BCUT2D eigenvalue weighted by molar-refractivity contribution is 5.31. The molecule has 1 saturated heterocycles. The van der Waals surface area contributed by atoms with Crippen molar-refractivity contribution in [2.45, 2.75) is 52.7 Å². The zero-order chi connectivity index (χ0) is 13.3. The highest BCUT2D eigenvalue weighted by Crippen LogP contribution is 2.24. The van der Waals surface area contributed by atoms with E-state index < -0.39 is 0 Å². The summed E-state index contributed by atoms with van der Waals surface area (Å²) < 4.78 is 0. The first-order valence-corrected chi connectivity index (χ1v) is 7.04. The van der Waals surface area contributed by atoms with Gasteiger partial charge in [0.05, 0.1) is 0 Å². The molecule has 1 aliphatic heterocycles. The van der Waals surface area contributed by atoms with Crippen molar-refractivity contribution in [3.8, 4) is 0 Å². The minimum atomic E-state index is 0.510. The van der Waals surface area contributed by atoms with Crippen molar-refractivity contribution in [1.29, 1.82) is 0 Å². The van der Waals surface area contributed by atoms with Crippen molar-refractivity contribution >= 4 is 0 Å². The topological polar surface area (TPSA) is 15.3 Å². The number of hydrogen-bond acceptors (Lipinski definition) is 2. The van der Waals surface area contributed by atoms with E-state index in [2.05, 4.69) is 63.0 Å². The first-order valence-electron chi connectivity index (χ1n) is 7.04. The first-order chi connectivity index (χ1) is 8.47. The molecule has 18 heavy (non-hydrogen) atoms. The molecule has 2 nitrogen and oxygen atoms in total. The zero-order valence-corrected chi connectivity index (χ0v) is 12.3. The largest absolute Gasteiger partial charge is 0.309 e. The minimum absolute atomic E-state index is 0.510. The second-order valence-electron chi connectivity index (χ2n) is 5.94. The number of nitrogens with one attached hydrogen (secondary N) is 1. The lowest BCUT2D eigenvalue weighted by molar-refractivity contribution is 0.131. The smallest absolute Gasteiger partial charge is 0.0321 e. The lowest BCUT2D eigenvalue weighted by Crippen LogP contribution is -2.54. The van der Waals surface area contributed by atoms with Gasteiger partial charge in [-0.3, -0.25) is 4.90 Å². The van der Waals surface area contributed by atoms with Crippen LogP contribution in [0.3, 0.4) is 0 Å². The molecule has 100 valence electrons. The summed E-state index contributed by atoms with van der Waals surface area (Å²) in [6.07, 6.45) is 0. The van der Waals surface area contributed by atoms with Gasteiger partial charge in [-0.05, 0) is 51.3 Å². The molecule has 0 bridgehead atoms. The molecule has 0 aromatic heterocycles. The van der Waals surface area contributed by atoms with Crippen LogP contribution in [0.4, 0.5) is 0 Å². The van der Waals surface area contributed by atoms with Crippen LogP contribution in [0.25, 0.3) is 0 Å². The number of piperazine rings is 1. The molecule has 0 aliphatic carbocycles. The van der Waals surface area contributed by atoms with Gasteiger partial charge >= 0.3 is 0 Å². The Morgan fingerprint density at radius 3 is 2.28 bits per heavy atom. The zero-order valence-electron chi connectivity index (χ0n) is 12.3. The van der Waals surface area contributed by atoms with Crippen molar-refractivity contribution in [2.75, 3.05) is 13.1 Å². The summed E-state index contributed by atoms with van der Waals surface area (Å²) in [5, 5.41) is 3.59. The van der Waals surface area contributed by atoms with E-state index in [1.807, 2.05) is 0 Å². The quantitative estimate of drug-likeness (QED) is 0.863. The molecular weight excluding hydrogens is 220 g/mol. The van der Waals surface area contributed by atoms with E-state index >= 15 is 0 Å². The third kappa shape index (κ3) is 2.93. The maximum atomic E-state index is 3.59.